The predicted octanol–water partition coefficient (Wildman–Crippen LogP) is -0.419. The van der Waals surface area contributed by atoms with Crippen molar-refractivity contribution in [2.45, 2.75) is 63.7 Å². The summed E-state index contributed by atoms with van der Waals surface area (Å²) in [6, 6.07) is 0. The fraction of sp³-hybridized carbons (Fsp3) is 0.600. The zero-order valence-electron chi connectivity index (χ0n) is 17.0. The van der Waals surface area contributed by atoms with Crippen LogP contribution in [0.2, 0.25) is 9.36 Å². The smallest absolute Gasteiger partial charge is 1.00 e. The van der Waals surface area contributed by atoms with Crippen molar-refractivity contribution >= 4 is 7.43 Å². The minimum Gasteiger partial charge on any atom is -1.00 e. The van der Waals surface area contributed by atoms with Crippen LogP contribution in [0.1, 0.15) is 54.4 Å². The molecule has 0 aromatic heterocycles. The van der Waals surface area contributed by atoms with Gasteiger partial charge in [-0.15, -0.1) is 0 Å². The molecule has 0 bridgehead atoms. The van der Waals surface area contributed by atoms with Gasteiger partial charge in [0.2, 0.25) is 0 Å². The Morgan fingerprint density at radius 1 is 0.750 bits per heavy atom. The molecule has 0 aliphatic heterocycles. The van der Waals surface area contributed by atoms with Crippen molar-refractivity contribution in [1.82, 2.24) is 0 Å². The molecule has 0 spiro atoms. The molecular weight excluding hydrogens is 518 g/mol. The van der Waals surface area contributed by atoms with Gasteiger partial charge in [0.1, 0.15) is 0 Å². The van der Waals surface area contributed by atoms with Crippen molar-refractivity contribution < 1.29 is 42.5 Å². The zero-order chi connectivity index (χ0) is 17.0. The molecule has 0 atom stereocenters. The van der Waals surface area contributed by atoms with E-state index in [0.29, 0.717) is 0 Å². The summed E-state index contributed by atoms with van der Waals surface area (Å²) >= 11 is -3.08. The fourth-order valence-corrected chi connectivity index (χ4v) is 29.4. The van der Waals surface area contributed by atoms with Gasteiger partial charge < -0.3 is 24.8 Å². The quantitative estimate of drug-likeness (QED) is 0.409. The summed E-state index contributed by atoms with van der Waals surface area (Å²) in [5.74, 6) is 0. The first-order valence-electron chi connectivity index (χ1n) is 8.77. The van der Waals surface area contributed by atoms with Gasteiger partial charge >= 0.3 is 142 Å². The number of hydrogen-bond acceptors (Lipinski definition) is 0. The molecular formula is C20H35Cl2HfSi. The molecule has 0 aromatic carbocycles. The summed E-state index contributed by atoms with van der Waals surface area (Å²) < 4.78 is 9.23. The molecule has 0 unspecified atom stereocenters. The standard InChI is InChI=1S/2C9H13.2CH3.2ClH.Hf.H3Si/c2*1-9(2,3)8-6-4-5-7-8;;;;;;/h2*4,6H,5H2,1-3H3;2*1H3;2*1H;;1H3/q;;;;;;+2;/p-2. The Kier molecular flexibility index (Phi) is 7.52. The molecule has 2 aliphatic rings. The maximum Gasteiger partial charge on any atom is -1.00 e. The third-order valence-corrected chi connectivity index (χ3v) is 34.1. The molecule has 2 rings (SSSR count). The molecule has 137 valence electrons. The summed E-state index contributed by atoms with van der Waals surface area (Å²) in [5, 5.41) is 0. The van der Waals surface area contributed by atoms with Crippen LogP contribution in [-0.2, 0) is 17.7 Å². The average molecular weight is 553 g/mol. The maximum atomic E-state index is 2.73. The summed E-state index contributed by atoms with van der Waals surface area (Å²) in [6.45, 7) is 14.3. The van der Waals surface area contributed by atoms with Gasteiger partial charge in [-0.1, -0.05) is 0 Å². The van der Waals surface area contributed by atoms with Gasteiger partial charge in [-0.2, -0.15) is 0 Å². The second-order valence-corrected chi connectivity index (χ2v) is 62.0. The van der Waals surface area contributed by atoms with Crippen molar-refractivity contribution in [3.63, 3.8) is 0 Å². The Morgan fingerprint density at radius 2 is 1.04 bits per heavy atom. The molecule has 0 saturated heterocycles. The molecule has 0 N–H and O–H groups in total. The van der Waals surface area contributed by atoms with E-state index in [-0.39, 0.29) is 35.6 Å². The molecule has 4 heteroatoms. The molecule has 0 nitrogen and oxygen atoms in total. The first-order chi connectivity index (χ1) is 9.74. The summed E-state index contributed by atoms with van der Waals surface area (Å²) in [4.78, 5) is 0. The first kappa shape index (κ1) is 24.6. The number of halogens is 2. The van der Waals surface area contributed by atoms with Crippen molar-refractivity contribution in [1.29, 1.82) is 0 Å². The van der Waals surface area contributed by atoms with Crippen molar-refractivity contribution in [2.24, 2.45) is 10.8 Å². The van der Waals surface area contributed by atoms with E-state index in [1.165, 1.54) is 20.3 Å². The largest absolute Gasteiger partial charge is 1.00 e. The average Bonchev–Trinajstić information content (AvgIpc) is 2.97. The Bertz CT molecular complexity index is 563. The molecule has 0 saturated carbocycles. The Balaban J connectivity index is 0.00000264. The second-order valence-electron chi connectivity index (χ2n) is 10.6. The van der Waals surface area contributed by atoms with E-state index < -0.39 is 17.7 Å². The third kappa shape index (κ3) is 4.48. The van der Waals surface area contributed by atoms with Crippen LogP contribution in [0.5, 0.6) is 0 Å². The first-order valence-corrected chi connectivity index (χ1v) is 31.3. The molecule has 0 radical (unpaired) electrons. The van der Waals surface area contributed by atoms with Gasteiger partial charge in [-0.3, -0.25) is 0 Å². The molecule has 0 fully saturated rings. The van der Waals surface area contributed by atoms with Crippen LogP contribution in [0.3, 0.4) is 0 Å². The van der Waals surface area contributed by atoms with E-state index >= 15 is 0 Å². The molecule has 0 amide bonds. The van der Waals surface area contributed by atoms with Crippen LogP contribution in [0, 0.1) is 10.8 Å². The van der Waals surface area contributed by atoms with Gasteiger partial charge in [0.15, 0.2) is 0 Å². The molecule has 2 aliphatic carbocycles. The number of allylic oxidation sites excluding steroid dienone is 8. The molecule has 0 heterocycles. The van der Waals surface area contributed by atoms with Gasteiger partial charge in [0, 0.05) is 0 Å². The Hall–Kier alpha value is 0.627. The predicted molar refractivity (Wildman–Crippen MR) is 102 cm³/mol. The van der Waals surface area contributed by atoms with Gasteiger partial charge in [0.25, 0.3) is 0 Å². The van der Waals surface area contributed by atoms with Crippen LogP contribution in [0.15, 0.2) is 42.1 Å². The van der Waals surface area contributed by atoms with E-state index in [1.54, 1.807) is 11.1 Å². The number of rotatable bonds is 2. The van der Waals surface area contributed by atoms with Gasteiger partial charge in [-0.05, 0) is 0 Å². The Labute approximate surface area is 165 Å². The molecule has 0 aromatic rings. The minimum absolute atomic E-state index is 0. The van der Waals surface area contributed by atoms with Crippen molar-refractivity contribution in [3.8, 4) is 0 Å². The molecule has 24 heavy (non-hydrogen) atoms. The van der Waals surface area contributed by atoms with Crippen molar-refractivity contribution in [3.05, 3.63) is 42.1 Å². The topological polar surface area (TPSA) is 0 Å². The van der Waals surface area contributed by atoms with E-state index in [9.17, 15) is 0 Å². The van der Waals surface area contributed by atoms with Gasteiger partial charge in [-0.25, -0.2) is 0 Å². The monoisotopic (exact) mass is 553 g/mol. The van der Waals surface area contributed by atoms with Crippen molar-refractivity contribution in [2.75, 3.05) is 0 Å². The van der Waals surface area contributed by atoms with E-state index in [4.69, 9.17) is 0 Å². The van der Waals surface area contributed by atoms with Crippen LogP contribution in [-0.4, -0.2) is 7.43 Å². The minimum atomic E-state index is -3.08. The zero-order valence-corrected chi connectivity index (χ0v) is 24.1. The SMILES string of the molecule is CC(C)(C)C1=[C]([Hf+2]([CH3])([CH3])([SiH3])[C]2=C(C(C)(C)C)C=CC2)CC=C1.[Cl-].[Cl-]. The van der Waals surface area contributed by atoms with Crippen LogP contribution in [0.25, 0.3) is 0 Å². The number of hydrogen-bond donors (Lipinski definition) is 0. The summed E-state index contributed by atoms with van der Waals surface area (Å²) in [6.07, 6.45) is 12.2. The Morgan fingerprint density at radius 3 is 1.29 bits per heavy atom. The van der Waals surface area contributed by atoms with Crippen LogP contribution in [0.4, 0.5) is 0 Å². The van der Waals surface area contributed by atoms with Crippen LogP contribution >= 0.6 is 0 Å². The van der Waals surface area contributed by atoms with E-state index in [2.05, 4.69) is 75.2 Å². The summed E-state index contributed by atoms with van der Waals surface area (Å²) in [5.41, 5.74) is 3.89. The maximum absolute atomic E-state index is 3.08. The normalized spacial score (nSPS) is 19.0. The van der Waals surface area contributed by atoms with Crippen LogP contribution < -0.4 is 24.8 Å². The second kappa shape index (κ2) is 7.33. The fourth-order valence-electron chi connectivity index (χ4n) is 4.25. The van der Waals surface area contributed by atoms with Gasteiger partial charge in [0.05, 0.1) is 0 Å². The van der Waals surface area contributed by atoms with E-state index in [1.807, 2.05) is 6.66 Å². The third-order valence-electron chi connectivity index (χ3n) is 5.59. The van der Waals surface area contributed by atoms with E-state index in [0.717, 1.165) is 0 Å². The summed E-state index contributed by atoms with van der Waals surface area (Å²) in [7, 11) is 1.36.